The van der Waals surface area contributed by atoms with Crippen LogP contribution >= 0.6 is 34.5 Å². The first-order chi connectivity index (χ1) is 15.1. The third-order valence-electron chi connectivity index (χ3n) is 5.00. The van der Waals surface area contributed by atoms with Crippen molar-refractivity contribution in [3.05, 3.63) is 73.2 Å². The number of nitrogens with one attached hydrogen (secondary N) is 1. The van der Waals surface area contributed by atoms with Crippen molar-refractivity contribution in [2.75, 3.05) is 5.32 Å². The van der Waals surface area contributed by atoms with E-state index in [1.54, 1.807) is 13.0 Å². The molecule has 0 saturated carbocycles. The Morgan fingerprint density at radius 2 is 1.97 bits per heavy atom. The largest absolute Gasteiger partial charge is 0.355 e. The number of thiophene rings is 1. The lowest BCUT2D eigenvalue weighted by Gasteiger charge is -2.22. The predicted octanol–water partition coefficient (Wildman–Crippen LogP) is 5.49. The van der Waals surface area contributed by atoms with Gasteiger partial charge in [-0.05, 0) is 61.6 Å². The Kier molecular flexibility index (Phi) is 5.79. The molecule has 1 atom stereocenters. The fraction of sp³-hybridized carbons (Fsp3) is 0.190. The molecular weight excluding hydrogens is 493 g/mol. The first-order valence-corrected chi connectivity index (χ1v) is 12.5. The van der Waals surface area contributed by atoms with Gasteiger partial charge in [-0.2, -0.15) is 0 Å². The monoisotopic (exact) mass is 509 g/mol. The highest BCUT2D eigenvalue weighted by Gasteiger charge is 2.52. The number of hydrogen-bond acceptors (Lipinski definition) is 7. The Morgan fingerprint density at radius 3 is 2.56 bits per heavy atom. The van der Waals surface area contributed by atoms with Gasteiger partial charge in [0.25, 0.3) is 5.91 Å². The van der Waals surface area contributed by atoms with E-state index < -0.39 is 20.6 Å². The number of benzene rings is 1. The van der Waals surface area contributed by atoms with E-state index in [-0.39, 0.29) is 20.6 Å². The highest BCUT2D eigenvalue weighted by atomic mass is 35.5. The molecule has 2 aromatic heterocycles. The van der Waals surface area contributed by atoms with E-state index in [4.69, 9.17) is 27.7 Å². The maximum Gasteiger partial charge on any atom is 0.267 e. The van der Waals surface area contributed by atoms with Crippen LogP contribution in [0.3, 0.4) is 0 Å². The van der Waals surface area contributed by atoms with Crippen LogP contribution < -0.4 is 5.32 Å². The Morgan fingerprint density at radius 1 is 1.22 bits per heavy atom. The van der Waals surface area contributed by atoms with Crippen LogP contribution in [-0.2, 0) is 14.7 Å². The number of halogens is 2. The van der Waals surface area contributed by atoms with E-state index in [2.05, 4.69) is 15.5 Å². The molecule has 0 aliphatic carbocycles. The van der Waals surface area contributed by atoms with Crippen LogP contribution in [0.4, 0.5) is 5.69 Å². The lowest BCUT2D eigenvalue weighted by atomic mass is 10.1. The number of nitrogens with zero attached hydrogens (tertiary/aromatic N) is 2. The Labute approximate surface area is 198 Å². The van der Waals surface area contributed by atoms with Gasteiger partial charge in [0.2, 0.25) is 20.5 Å². The number of sulfone groups is 1. The molecule has 7 nitrogen and oxygen atoms in total. The Bertz CT molecular complexity index is 1370. The van der Waals surface area contributed by atoms with Crippen molar-refractivity contribution in [2.45, 2.75) is 30.5 Å². The van der Waals surface area contributed by atoms with Crippen LogP contribution in [-0.4, -0.2) is 25.7 Å². The van der Waals surface area contributed by atoms with Crippen LogP contribution in [0.1, 0.15) is 32.3 Å². The molecule has 0 radical (unpaired) electrons. The second kappa shape index (κ2) is 8.15. The maximum atomic E-state index is 13.8. The summed E-state index contributed by atoms with van der Waals surface area (Å²) in [7, 11) is -4.30. The minimum Gasteiger partial charge on any atom is -0.355 e. The van der Waals surface area contributed by atoms with E-state index in [0.717, 1.165) is 22.5 Å². The molecule has 3 heterocycles. The second-order valence-corrected chi connectivity index (χ2v) is 11.0. The first-order valence-electron chi connectivity index (χ1n) is 9.34. The molecule has 1 aliphatic heterocycles. The second-order valence-electron chi connectivity index (χ2n) is 7.25. The number of carbonyl (C=O) groups excluding carboxylic acids is 1. The zero-order valence-corrected chi connectivity index (χ0v) is 20.3. The number of aryl methyl sites for hydroxylation is 3. The van der Waals surface area contributed by atoms with Gasteiger partial charge in [0.05, 0.1) is 21.3 Å². The van der Waals surface area contributed by atoms with E-state index in [0.29, 0.717) is 16.4 Å². The molecule has 1 unspecified atom stereocenters. The van der Waals surface area contributed by atoms with Crippen molar-refractivity contribution >= 4 is 62.2 Å². The molecule has 1 aliphatic rings. The third-order valence-corrected chi connectivity index (χ3v) is 8.95. The number of aliphatic imine (C=N–C) groups is 1. The van der Waals surface area contributed by atoms with Gasteiger partial charge in [-0.15, -0.1) is 11.3 Å². The van der Waals surface area contributed by atoms with E-state index in [1.807, 2.05) is 19.9 Å². The molecule has 4 rings (SSSR count). The molecule has 1 N–H and O–H groups in total. The smallest absolute Gasteiger partial charge is 0.267 e. The van der Waals surface area contributed by atoms with Crippen molar-refractivity contribution in [1.29, 1.82) is 0 Å². The van der Waals surface area contributed by atoms with Crippen LogP contribution in [0, 0.1) is 20.8 Å². The summed E-state index contributed by atoms with van der Waals surface area (Å²) in [5.74, 6) is -0.731. The quantitative estimate of drug-likeness (QED) is 0.489. The number of allylic oxidation sites excluding steroid dienone is 1. The average molecular weight is 510 g/mol. The molecule has 0 saturated heterocycles. The van der Waals surface area contributed by atoms with Crippen molar-refractivity contribution in [3.8, 4) is 0 Å². The van der Waals surface area contributed by atoms with E-state index in [1.165, 1.54) is 29.8 Å². The zero-order chi connectivity index (χ0) is 23.3. The van der Waals surface area contributed by atoms with Gasteiger partial charge >= 0.3 is 0 Å². The summed E-state index contributed by atoms with van der Waals surface area (Å²) in [6, 6.07) is 4.95. The van der Waals surface area contributed by atoms with Crippen LogP contribution in [0.15, 0.2) is 50.1 Å². The predicted molar refractivity (Wildman–Crippen MR) is 126 cm³/mol. The van der Waals surface area contributed by atoms with Crippen molar-refractivity contribution in [2.24, 2.45) is 4.99 Å². The summed E-state index contributed by atoms with van der Waals surface area (Å²) in [5, 5.41) is 8.45. The van der Waals surface area contributed by atoms with Gasteiger partial charge < -0.3 is 9.84 Å². The molecule has 166 valence electrons. The normalized spacial score (nSPS) is 17.8. The minimum atomic E-state index is -4.30. The fourth-order valence-corrected chi connectivity index (χ4v) is 7.09. The highest BCUT2D eigenvalue weighted by molar-refractivity contribution is 7.92. The number of hydrogen-bond donors (Lipinski definition) is 1. The number of amides is 1. The van der Waals surface area contributed by atoms with Gasteiger partial charge in [-0.3, -0.25) is 9.79 Å². The zero-order valence-electron chi connectivity index (χ0n) is 17.1. The number of rotatable bonds is 5. The maximum absolute atomic E-state index is 13.8. The molecule has 0 spiro atoms. The summed E-state index contributed by atoms with van der Waals surface area (Å²) < 4.78 is 32.9. The molecule has 3 aromatic rings. The first kappa shape index (κ1) is 22.7. The lowest BCUT2D eigenvalue weighted by molar-refractivity contribution is 0.102. The molecule has 32 heavy (non-hydrogen) atoms. The Hall–Kier alpha value is -2.46. The summed E-state index contributed by atoms with van der Waals surface area (Å²) in [5.41, 5.74) is 2.45. The van der Waals surface area contributed by atoms with Gasteiger partial charge in [0.15, 0.2) is 0 Å². The van der Waals surface area contributed by atoms with Gasteiger partial charge in [0.1, 0.15) is 9.90 Å². The molecule has 0 fully saturated rings. The molecule has 11 heteroatoms. The summed E-state index contributed by atoms with van der Waals surface area (Å²) in [6.45, 7) is 5.29. The van der Waals surface area contributed by atoms with E-state index >= 15 is 0 Å². The number of carbonyl (C=O) groups is 1. The summed E-state index contributed by atoms with van der Waals surface area (Å²) in [4.78, 5) is 15.1. The van der Waals surface area contributed by atoms with Crippen LogP contribution in [0.25, 0.3) is 0 Å². The molecule has 1 amide bonds. The van der Waals surface area contributed by atoms with Crippen LogP contribution in [0.2, 0.25) is 10.0 Å². The Balaban J connectivity index is 1.79. The third kappa shape index (κ3) is 3.49. The summed E-state index contributed by atoms with van der Waals surface area (Å²) in [6.07, 6.45) is 4.18. The van der Waals surface area contributed by atoms with Crippen molar-refractivity contribution in [1.82, 2.24) is 5.16 Å². The number of aromatic nitrogens is 1. The van der Waals surface area contributed by atoms with Crippen LogP contribution in [0.5, 0.6) is 0 Å². The standard InChI is InChI=1S/C21H17Cl2N3O4S2/c1-11-9-12(2)17(14(22)10-11)25-20(27)18-15(5-8-31-18)32(28,29)21(6-4-7-24-21)19-16(23)13(3)26-30-19/h4-10H,1-3H3,(H,25,27). The topological polar surface area (TPSA) is 102 Å². The number of anilines is 1. The van der Waals surface area contributed by atoms with Crippen molar-refractivity contribution < 1.29 is 17.7 Å². The van der Waals surface area contributed by atoms with Gasteiger partial charge in [-0.1, -0.05) is 34.4 Å². The SMILES string of the molecule is Cc1cc(C)c(NC(=O)c2sccc2S(=O)(=O)C2(c3onc(C)c3Cl)C=CC=N2)c(Cl)c1. The molecule has 1 aromatic carbocycles. The summed E-state index contributed by atoms with van der Waals surface area (Å²) >= 11 is 13.6. The van der Waals surface area contributed by atoms with E-state index in [9.17, 15) is 13.2 Å². The van der Waals surface area contributed by atoms with Gasteiger partial charge in [0, 0.05) is 6.21 Å². The lowest BCUT2D eigenvalue weighted by Crippen LogP contribution is -2.32. The highest BCUT2D eigenvalue weighted by Crippen LogP contribution is 2.45. The van der Waals surface area contributed by atoms with Gasteiger partial charge in [-0.25, -0.2) is 8.42 Å². The fourth-order valence-electron chi connectivity index (χ4n) is 3.45. The minimum absolute atomic E-state index is 0.0109. The molecular formula is C21H17Cl2N3O4S2. The van der Waals surface area contributed by atoms with Crippen molar-refractivity contribution in [3.63, 3.8) is 0 Å². The molecule has 0 bridgehead atoms. The average Bonchev–Trinajstić information content (AvgIpc) is 3.46.